The maximum atomic E-state index is 12.1. The Morgan fingerprint density at radius 1 is 0.900 bits per heavy atom. The van der Waals surface area contributed by atoms with Crippen molar-refractivity contribution in [3.63, 3.8) is 0 Å². The van der Waals surface area contributed by atoms with E-state index < -0.39 is 14.4 Å². The molecule has 1 radical (unpaired) electrons. The summed E-state index contributed by atoms with van der Waals surface area (Å²) in [6.07, 6.45) is 0. The summed E-state index contributed by atoms with van der Waals surface area (Å²) >= 11 is 4.61. The zero-order chi connectivity index (χ0) is 21.5. The Kier molecular flexibility index (Phi) is 6.27. The fraction of sp³-hybridized carbons (Fsp3) is 0.208. The van der Waals surface area contributed by atoms with Gasteiger partial charge in [-0.2, -0.15) is 0 Å². The first-order valence-electron chi connectivity index (χ1n) is 9.65. The second kappa shape index (κ2) is 8.62. The molecule has 0 amide bonds. The first kappa shape index (κ1) is 21.8. The van der Waals surface area contributed by atoms with E-state index in [1.54, 1.807) is 0 Å². The quantitative estimate of drug-likeness (QED) is 0.192. The van der Waals surface area contributed by atoms with Gasteiger partial charge in [0.15, 0.2) is 15.4 Å². The van der Waals surface area contributed by atoms with Gasteiger partial charge in [0.1, 0.15) is 11.4 Å². The van der Waals surface area contributed by atoms with Crippen molar-refractivity contribution in [2.75, 3.05) is 6.61 Å². The molecule has 0 saturated heterocycles. The SMILES string of the molecule is CC(C)(C)OC(=O)COc1c(I)cc([Si]2c3ccccc3-c3ccccc32)cc1I. The summed E-state index contributed by atoms with van der Waals surface area (Å²) in [7, 11) is -1.08. The zero-order valence-electron chi connectivity index (χ0n) is 17.0. The van der Waals surface area contributed by atoms with Crippen molar-refractivity contribution in [1.29, 1.82) is 0 Å². The first-order valence-corrected chi connectivity index (χ1v) is 13.3. The summed E-state index contributed by atoms with van der Waals surface area (Å²) in [4.78, 5) is 12.1. The van der Waals surface area contributed by atoms with Gasteiger partial charge >= 0.3 is 5.97 Å². The van der Waals surface area contributed by atoms with Crippen LogP contribution in [0.3, 0.4) is 0 Å². The highest BCUT2D eigenvalue weighted by atomic mass is 127. The van der Waals surface area contributed by atoms with Crippen LogP contribution in [0.5, 0.6) is 5.75 Å². The number of ether oxygens (including phenoxy) is 2. The molecule has 153 valence electrons. The lowest BCUT2D eigenvalue weighted by atomic mass is 10.1. The van der Waals surface area contributed by atoms with Crippen molar-refractivity contribution >= 4 is 75.5 Å². The van der Waals surface area contributed by atoms with Gasteiger partial charge in [-0.15, -0.1) is 0 Å². The maximum absolute atomic E-state index is 12.1. The lowest BCUT2D eigenvalue weighted by molar-refractivity contribution is -0.157. The van der Waals surface area contributed by atoms with Gasteiger partial charge in [0.2, 0.25) is 0 Å². The third-order valence-electron chi connectivity index (χ3n) is 4.72. The van der Waals surface area contributed by atoms with Crippen molar-refractivity contribution in [2.45, 2.75) is 26.4 Å². The van der Waals surface area contributed by atoms with Crippen molar-refractivity contribution in [2.24, 2.45) is 0 Å². The Bertz CT molecular complexity index is 1050. The molecule has 0 unspecified atom stereocenters. The highest BCUT2D eigenvalue weighted by Crippen LogP contribution is 2.28. The first-order chi connectivity index (χ1) is 14.2. The van der Waals surface area contributed by atoms with E-state index in [0.29, 0.717) is 0 Å². The van der Waals surface area contributed by atoms with Gasteiger partial charge in [-0.05, 0) is 105 Å². The summed E-state index contributed by atoms with van der Waals surface area (Å²) in [6.45, 7) is 5.47. The van der Waals surface area contributed by atoms with Gasteiger partial charge in [0.25, 0.3) is 0 Å². The number of fused-ring (bicyclic) bond motifs is 3. The maximum Gasteiger partial charge on any atom is 0.344 e. The molecule has 1 heterocycles. The van der Waals surface area contributed by atoms with Gasteiger partial charge in [-0.3, -0.25) is 0 Å². The second-order valence-electron chi connectivity index (χ2n) is 8.11. The minimum atomic E-state index is -1.08. The highest BCUT2D eigenvalue weighted by Gasteiger charge is 2.32. The molecule has 3 aromatic carbocycles. The number of carbonyl (C=O) groups excluding carboxylic acids is 1. The summed E-state index contributed by atoms with van der Waals surface area (Å²) < 4.78 is 13.2. The van der Waals surface area contributed by atoms with E-state index in [9.17, 15) is 4.79 Å². The summed E-state index contributed by atoms with van der Waals surface area (Å²) in [5, 5.41) is 4.19. The number of hydrogen-bond donors (Lipinski definition) is 0. The Morgan fingerprint density at radius 3 is 1.90 bits per heavy atom. The van der Waals surface area contributed by atoms with Gasteiger partial charge in [0, 0.05) is 0 Å². The van der Waals surface area contributed by atoms with E-state index in [1.807, 2.05) is 20.8 Å². The molecule has 0 fully saturated rings. The molecule has 4 rings (SSSR count). The number of carbonyl (C=O) groups is 1. The third kappa shape index (κ3) is 4.45. The number of esters is 1. The van der Waals surface area contributed by atoms with Crippen LogP contribution in [0.25, 0.3) is 11.1 Å². The third-order valence-corrected chi connectivity index (χ3v) is 9.14. The van der Waals surface area contributed by atoms with Crippen molar-refractivity contribution in [3.8, 4) is 16.9 Å². The van der Waals surface area contributed by atoms with Gasteiger partial charge in [-0.25, -0.2) is 4.79 Å². The summed E-state index contributed by atoms with van der Waals surface area (Å²) in [6, 6.07) is 21.9. The van der Waals surface area contributed by atoms with Crippen LogP contribution < -0.4 is 20.3 Å². The molecule has 30 heavy (non-hydrogen) atoms. The van der Waals surface area contributed by atoms with Crippen LogP contribution in [0.15, 0.2) is 60.7 Å². The van der Waals surface area contributed by atoms with Crippen molar-refractivity contribution < 1.29 is 14.3 Å². The van der Waals surface area contributed by atoms with Crippen LogP contribution in [0.2, 0.25) is 0 Å². The van der Waals surface area contributed by atoms with Crippen molar-refractivity contribution in [3.05, 3.63) is 67.8 Å². The van der Waals surface area contributed by atoms with Crippen LogP contribution in [-0.2, 0) is 9.53 Å². The second-order valence-corrected chi connectivity index (χ2v) is 12.8. The Labute approximate surface area is 206 Å². The molecule has 0 aliphatic carbocycles. The fourth-order valence-corrected chi connectivity index (χ4v) is 9.33. The molecule has 1 aliphatic rings. The molecule has 0 atom stereocenters. The van der Waals surface area contributed by atoms with E-state index in [1.165, 1.54) is 26.7 Å². The lowest BCUT2D eigenvalue weighted by Gasteiger charge is -2.20. The van der Waals surface area contributed by atoms with Gasteiger partial charge < -0.3 is 9.47 Å². The van der Waals surface area contributed by atoms with Crippen molar-refractivity contribution in [1.82, 2.24) is 0 Å². The number of benzene rings is 3. The van der Waals surface area contributed by atoms with Crippen LogP contribution in [0.4, 0.5) is 0 Å². The topological polar surface area (TPSA) is 35.5 Å². The van der Waals surface area contributed by atoms with Gasteiger partial charge in [0.05, 0.1) is 7.14 Å². The molecule has 0 bridgehead atoms. The van der Waals surface area contributed by atoms with E-state index in [2.05, 4.69) is 106 Å². The smallest absolute Gasteiger partial charge is 0.344 e. The number of hydrogen-bond acceptors (Lipinski definition) is 3. The number of rotatable bonds is 4. The summed E-state index contributed by atoms with van der Waals surface area (Å²) in [5.74, 6) is 0.386. The molecular weight excluding hydrogens is 618 g/mol. The molecule has 6 heteroatoms. The molecule has 3 nitrogen and oxygen atoms in total. The predicted molar refractivity (Wildman–Crippen MR) is 140 cm³/mol. The summed E-state index contributed by atoms with van der Waals surface area (Å²) in [5.41, 5.74) is 2.17. The Balaban J connectivity index is 1.65. The molecule has 0 N–H and O–H groups in total. The normalized spacial score (nSPS) is 13.0. The zero-order valence-corrected chi connectivity index (χ0v) is 22.3. The van der Waals surface area contributed by atoms with E-state index in [0.717, 1.165) is 12.9 Å². The molecular formula is C24H21I2O3Si. The average Bonchev–Trinajstić information content (AvgIpc) is 3.00. The van der Waals surface area contributed by atoms with Crippen LogP contribution in [0.1, 0.15) is 20.8 Å². The Hall–Kier alpha value is -1.39. The average molecular weight is 639 g/mol. The van der Waals surface area contributed by atoms with E-state index >= 15 is 0 Å². The van der Waals surface area contributed by atoms with Gasteiger partial charge in [-0.1, -0.05) is 48.5 Å². The monoisotopic (exact) mass is 639 g/mol. The fourth-order valence-electron chi connectivity index (χ4n) is 3.67. The highest BCUT2D eigenvalue weighted by molar-refractivity contribution is 14.1. The molecule has 3 aromatic rings. The Morgan fingerprint density at radius 2 is 1.40 bits per heavy atom. The van der Waals surface area contributed by atoms with Crippen LogP contribution >= 0.6 is 45.2 Å². The minimum Gasteiger partial charge on any atom is -0.480 e. The van der Waals surface area contributed by atoms with Crippen LogP contribution in [0, 0.1) is 7.14 Å². The number of halogens is 2. The van der Waals surface area contributed by atoms with Crippen LogP contribution in [-0.4, -0.2) is 27.0 Å². The predicted octanol–water partition coefficient (Wildman–Crippen LogP) is 4.11. The molecule has 0 aromatic heterocycles. The minimum absolute atomic E-state index is 0.0912. The lowest BCUT2D eigenvalue weighted by Crippen LogP contribution is -2.49. The molecule has 0 saturated carbocycles. The molecule has 1 aliphatic heterocycles. The largest absolute Gasteiger partial charge is 0.480 e. The van der Waals surface area contributed by atoms with E-state index in [-0.39, 0.29) is 12.6 Å². The molecule has 0 spiro atoms. The standard InChI is InChI=1S/C24H21I2O3Si/c1-24(2,3)29-22(27)14-28-23-18(25)12-15(13-19(23)26)30-20-10-6-4-8-16(20)17-9-5-7-11-21(17)30/h4-13H,14H2,1-3H3. The van der Waals surface area contributed by atoms with E-state index in [4.69, 9.17) is 9.47 Å².